The van der Waals surface area contributed by atoms with Crippen molar-refractivity contribution in [1.29, 1.82) is 0 Å². The summed E-state index contributed by atoms with van der Waals surface area (Å²) in [5, 5.41) is 8.67. The van der Waals surface area contributed by atoms with E-state index < -0.39 is 13.8 Å². The molecule has 0 aromatic heterocycles. The van der Waals surface area contributed by atoms with E-state index in [2.05, 4.69) is 0 Å². The van der Waals surface area contributed by atoms with Crippen molar-refractivity contribution >= 4 is 13.8 Å². The van der Waals surface area contributed by atoms with Crippen LogP contribution in [0.25, 0.3) is 0 Å². The molecule has 0 aromatic carbocycles. The van der Waals surface area contributed by atoms with Crippen LogP contribution in [0, 0.1) is 0 Å². The van der Waals surface area contributed by atoms with Crippen molar-refractivity contribution in [2.75, 3.05) is 19.8 Å². The van der Waals surface area contributed by atoms with Crippen molar-refractivity contribution in [1.82, 2.24) is 0 Å². The number of unbranched alkanes of at least 4 members (excludes halogenated alkanes) is 2. The predicted molar refractivity (Wildman–Crippen MR) is 95.8 cm³/mol. The van der Waals surface area contributed by atoms with E-state index in [-0.39, 0.29) is 13.2 Å². The number of phosphoric ester groups is 1. The van der Waals surface area contributed by atoms with Gasteiger partial charge >= 0.3 is 13.8 Å². The molecule has 24 heavy (non-hydrogen) atoms. The Hall–Kier alpha value is -0.720. The maximum Gasteiger partial charge on any atom is 0.472 e. The number of hydrogen-bond donors (Lipinski definition) is 3. The van der Waals surface area contributed by atoms with Crippen LogP contribution in [0.5, 0.6) is 0 Å². The fraction of sp³-hybridized carbons (Fsp3) is 0.812. The van der Waals surface area contributed by atoms with Crippen LogP contribution in [0.2, 0.25) is 0 Å². The van der Waals surface area contributed by atoms with E-state index in [4.69, 9.17) is 24.8 Å². The van der Waals surface area contributed by atoms with Crippen LogP contribution in [0.4, 0.5) is 0 Å². The minimum Gasteiger partial charge on any atom is -0.478 e. The highest BCUT2D eigenvalue weighted by Crippen LogP contribution is 2.43. The lowest BCUT2D eigenvalue weighted by molar-refractivity contribution is -0.132. The number of phosphoric acid groups is 1. The molecule has 0 aliphatic heterocycles. The fourth-order valence-electron chi connectivity index (χ4n) is 1.69. The molecule has 0 amide bonds. The zero-order valence-electron chi connectivity index (χ0n) is 15.4. The largest absolute Gasteiger partial charge is 0.478 e. The molecule has 0 heterocycles. The molecule has 0 bridgehead atoms. The van der Waals surface area contributed by atoms with Crippen LogP contribution >= 0.6 is 7.82 Å². The van der Waals surface area contributed by atoms with Gasteiger partial charge in [0.1, 0.15) is 0 Å². The predicted octanol–water partition coefficient (Wildman–Crippen LogP) is 3.87. The Balaban J connectivity index is 0. The summed E-state index contributed by atoms with van der Waals surface area (Å²) in [5.41, 5.74) is 6.68. The van der Waals surface area contributed by atoms with Gasteiger partial charge in [0.25, 0.3) is 0 Å². The van der Waals surface area contributed by atoms with Crippen LogP contribution < -0.4 is 5.73 Å². The third-order valence-corrected chi connectivity index (χ3v) is 4.17. The third-order valence-electron chi connectivity index (χ3n) is 3.15. The van der Waals surface area contributed by atoms with Crippen molar-refractivity contribution in [3.8, 4) is 0 Å². The lowest BCUT2D eigenvalue weighted by Gasteiger charge is -2.10. The third kappa shape index (κ3) is 14.8. The van der Waals surface area contributed by atoms with E-state index in [1.807, 2.05) is 27.7 Å². The van der Waals surface area contributed by atoms with Gasteiger partial charge in [0.2, 0.25) is 0 Å². The molecule has 0 aliphatic carbocycles. The maximum atomic E-state index is 11.1. The molecule has 4 N–H and O–H groups in total. The Morgan fingerprint density at radius 2 is 1.54 bits per heavy atom. The SMILES string of the molecule is CCC(C(=O)O)=C(C)CCN.CCCCOP(=O)(O)OCCCC. The molecule has 0 spiro atoms. The van der Waals surface area contributed by atoms with E-state index >= 15 is 0 Å². The second kappa shape index (κ2) is 15.8. The minimum absolute atomic E-state index is 0.288. The highest BCUT2D eigenvalue weighted by atomic mass is 31.2. The normalized spacial score (nSPS) is 12.2. The van der Waals surface area contributed by atoms with Gasteiger partial charge < -0.3 is 15.7 Å². The van der Waals surface area contributed by atoms with Gasteiger partial charge in [0.05, 0.1) is 13.2 Å². The first-order valence-electron chi connectivity index (χ1n) is 8.49. The van der Waals surface area contributed by atoms with E-state index in [0.29, 0.717) is 25.0 Å². The minimum atomic E-state index is -3.75. The maximum absolute atomic E-state index is 11.1. The van der Waals surface area contributed by atoms with Crippen molar-refractivity contribution in [2.45, 2.75) is 66.2 Å². The molecular formula is C16H34NO6P. The zero-order valence-corrected chi connectivity index (χ0v) is 16.3. The van der Waals surface area contributed by atoms with Crippen LogP contribution in [0.3, 0.4) is 0 Å². The van der Waals surface area contributed by atoms with Gasteiger partial charge in [-0.15, -0.1) is 0 Å². The smallest absolute Gasteiger partial charge is 0.472 e. The van der Waals surface area contributed by atoms with Crippen LogP contribution in [0.1, 0.15) is 66.2 Å². The van der Waals surface area contributed by atoms with Crippen molar-refractivity contribution < 1.29 is 28.4 Å². The summed E-state index contributed by atoms with van der Waals surface area (Å²) in [6, 6.07) is 0. The molecule has 144 valence electrons. The first kappa shape index (κ1) is 25.5. The molecule has 0 rings (SSSR count). The fourth-order valence-corrected chi connectivity index (χ4v) is 2.48. The van der Waals surface area contributed by atoms with Gasteiger partial charge in [0.15, 0.2) is 0 Å². The van der Waals surface area contributed by atoms with E-state index in [0.717, 1.165) is 31.3 Å². The number of carboxylic acids is 1. The van der Waals surface area contributed by atoms with E-state index in [1.54, 1.807) is 0 Å². The molecular weight excluding hydrogens is 333 g/mol. The Morgan fingerprint density at radius 3 is 1.83 bits per heavy atom. The number of carbonyl (C=O) groups is 1. The van der Waals surface area contributed by atoms with Crippen molar-refractivity contribution in [2.24, 2.45) is 5.73 Å². The van der Waals surface area contributed by atoms with Gasteiger partial charge in [0, 0.05) is 5.57 Å². The molecule has 8 heteroatoms. The number of aliphatic carboxylic acids is 1. The van der Waals surface area contributed by atoms with Gasteiger partial charge in [-0.2, -0.15) is 0 Å². The quantitative estimate of drug-likeness (QED) is 0.272. The Morgan fingerprint density at radius 1 is 1.08 bits per heavy atom. The molecule has 0 aromatic rings. The highest BCUT2D eigenvalue weighted by Gasteiger charge is 2.19. The molecule has 7 nitrogen and oxygen atoms in total. The van der Waals surface area contributed by atoms with Crippen LogP contribution in [-0.2, 0) is 18.4 Å². The second-order valence-electron chi connectivity index (χ2n) is 5.30. The molecule has 0 radical (unpaired) electrons. The molecule has 0 aliphatic rings. The summed E-state index contributed by atoms with van der Waals surface area (Å²) in [4.78, 5) is 19.6. The summed E-state index contributed by atoms with van der Waals surface area (Å²) in [7, 11) is -3.75. The Bertz CT molecular complexity index is 397. The number of rotatable bonds is 12. The Kier molecular flexibility index (Phi) is 16.8. The molecule has 0 saturated heterocycles. The lowest BCUT2D eigenvalue weighted by Crippen LogP contribution is -2.06. The average Bonchev–Trinajstić information content (AvgIpc) is 2.48. The first-order valence-corrected chi connectivity index (χ1v) is 9.98. The van der Waals surface area contributed by atoms with Gasteiger partial charge in [-0.1, -0.05) is 39.2 Å². The summed E-state index contributed by atoms with van der Waals surface area (Å²) in [6.45, 7) is 8.73. The van der Waals surface area contributed by atoms with Crippen molar-refractivity contribution in [3.05, 3.63) is 11.1 Å². The summed E-state index contributed by atoms with van der Waals surface area (Å²) < 4.78 is 20.5. The van der Waals surface area contributed by atoms with E-state index in [1.165, 1.54) is 0 Å². The van der Waals surface area contributed by atoms with Gasteiger partial charge in [-0.3, -0.25) is 9.05 Å². The number of nitrogens with two attached hydrogens (primary N) is 1. The van der Waals surface area contributed by atoms with E-state index in [9.17, 15) is 9.36 Å². The highest BCUT2D eigenvalue weighted by molar-refractivity contribution is 7.47. The summed E-state index contributed by atoms with van der Waals surface area (Å²) in [6.07, 6.45) is 4.68. The van der Waals surface area contributed by atoms with Crippen LogP contribution in [0.15, 0.2) is 11.1 Å². The number of hydrogen-bond acceptors (Lipinski definition) is 5. The topological polar surface area (TPSA) is 119 Å². The number of carboxylic acid groups (broad SMARTS) is 1. The van der Waals surface area contributed by atoms with Gasteiger partial charge in [-0.05, 0) is 39.2 Å². The summed E-state index contributed by atoms with van der Waals surface area (Å²) >= 11 is 0. The van der Waals surface area contributed by atoms with Crippen LogP contribution in [-0.4, -0.2) is 35.7 Å². The first-order chi connectivity index (χ1) is 11.3. The monoisotopic (exact) mass is 367 g/mol. The van der Waals surface area contributed by atoms with Gasteiger partial charge in [-0.25, -0.2) is 9.36 Å². The molecule has 0 atom stereocenters. The molecule has 0 unspecified atom stereocenters. The molecule has 0 fully saturated rings. The Labute approximate surface area is 145 Å². The average molecular weight is 367 g/mol. The zero-order chi connectivity index (χ0) is 19.0. The second-order valence-corrected chi connectivity index (χ2v) is 6.75. The summed E-state index contributed by atoms with van der Waals surface area (Å²) in [5.74, 6) is -0.821. The standard InChI is InChI=1S/C8H15NO2.C8H19O4P/c1-3-7(8(10)11)6(2)4-5-9;1-3-5-7-11-13(9,10)12-8-6-4-2/h3-5,9H2,1-2H3,(H,10,11);3-8H2,1-2H3,(H,9,10). The van der Waals surface area contributed by atoms with Crippen molar-refractivity contribution in [3.63, 3.8) is 0 Å². The molecule has 0 saturated carbocycles. The lowest BCUT2D eigenvalue weighted by atomic mass is 10.1.